The molecule has 0 saturated heterocycles. The van der Waals surface area contributed by atoms with Gasteiger partial charge in [-0.25, -0.2) is 4.98 Å². The van der Waals surface area contributed by atoms with Gasteiger partial charge in [-0.2, -0.15) is 0 Å². The maximum Gasteiger partial charge on any atom is 0.226 e. The van der Waals surface area contributed by atoms with E-state index in [9.17, 15) is 5.11 Å². The van der Waals surface area contributed by atoms with Gasteiger partial charge in [0.25, 0.3) is 0 Å². The average Bonchev–Trinajstić information content (AvgIpc) is 3.13. The number of benzene rings is 1. The highest BCUT2D eigenvalue weighted by atomic mass is 16.3. The maximum absolute atomic E-state index is 9.59. The summed E-state index contributed by atoms with van der Waals surface area (Å²) in [5.74, 6) is 0.660. The topological polar surface area (TPSA) is 58.3 Å². The minimum Gasteiger partial charge on any atom is -0.444 e. The number of rotatable bonds is 5. The van der Waals surface area contributed by atoms with Crippen molar-refractivity contribution in [3.8, 4) is 11.5 Å². The highest BCUT2D eigenvalue weighted by Gasteiger charge is 2.37. The molecular formula is C18H24N2O2. The van der Waals surface area contributed by atoms with Crippen molar-refractivity contribution in [2.75, 3.05) is 6.61 Å². The van der Waals surface area contributed by atoms with Gasteiger partial charge in [0.1, 0.15) is 6.26 Å². The minimum atomic E-state index is -0.0104. The van der Waals surface area contributed by atoms with Crippen LogP contribution in [-0.4, -0.2) is 22.7 Å². The van der Waals surface area contributed by atoms with Crippen LogP contribution in [-0.2, 0) is 6.54 Å². The third kappa shape index (κ3) is 3.08. The van der Waals surface area contributed by atoms with E-state index in [0.29, 0.717) is 18.5 Å². The van der Waals surface area contributed by atoms with Crippen molar-refractivity contribution >= 4 is 0 Å². The van der Waals surface area contributed by atoms with E-state index in [1.54, 1.807) is 6.26 Å². The lowest BCUT2D eigenvalue weighted by molar-refractivity contribution is 0.118. The summed E-state index contributed by atoms with van der Waals surface area (Å²) < 4.78 is 5.58. The smallest absolute Gasteiger partial charge is 0.226 e. The quantitative estimate of drug-likeness (QED) is 0.889. The highest BCUT2D eigenvalue weighted by molar-refractivity contribution is 5.53. The van der Waals surface area contributed by atoms with Crippen LogP contribution in [0.3, 0.4) is 0 Å². The fourth-order valence-electron chi connectivity index (χ4n) is 3.22. The fraction of sp³-hybridized carbons (Fsp3) is 0.500. The average molecular weight is 300 g/mol. The first-order chi connectivity index (χ1) is 10.6. The molecule has 0 bridgehead atoms. The summed E-state index contributed by atoms with van der Waals surface area (Å²) in [6, 6.07) is 8.51. The Labute approximate surface area is 131 Å². The van der Waals surface area contributed by atoms with Gasteiger partial charge in [0.05, 0.1) is 5.69 Å². The number of hydrogen-bond acceptors (Lipinski definition) is 4. The number of nitrogens with zero attached hydrogens (tertiary/aromatic N) is 1. The van der Waals surface area contributed by atoms with Gasteiger partial charge in [-0.3, -0.25) is 0 Å². The van der Waals surface area contributed by atoms with Gasteiger partial charge in [0.2, 0.25) is 5.89 Å². The fourth-order valence-corrected chi connectivity index (χ4v) is 3.22. The zero-order valence-electron chi connectivity index (χ0n) is 13.3. The highest BCUT2D eigenvalue weighted by Crippen LogP contribution is 2.37. The molecule has 1 saturated carbocycles. The second kappa shape index (κ2) is 6.23. The number of aryl methyl sites for hydroxylation is 1. The molecule has 2 N–H and O–H groups in total. The number of aliphatic hydroxyl groups is 1. The molecule has 22 heavy (non-hydrogen) atoms. The van der Waals surface area contributed by atoms with Gasteiger partial charge in [-0.05, 0) is 31.9 Å². The van der Waals surface area contributed by atoms with E-state index in [-0.39, 0.29) is 12.0 Å². The molecule has 1 fully saturated rings. The Balaban J connectivity index is 1.64. The third-order valence-corrected chi connectivity index (χ3v) is 4.82. The summed E-state index contributed by atoms with van der Waals surface area (Å²) in [6.07, 6.45) is 5.07. The molecule has 118 valence electrons. The molecule has 1 aromatic heterocycles. The van der Waals surface area contributed by atoms with Crippen LogP contribution < -0.4 is 5.32 Å². The summed E-state index contributed by atoms with van der Waals surface area (Å²) in [6.45, 7) is 5.13. The molecule has 1 aliphatic carbocycles. The van der Waals surface area contributed by atoms with Crippen molar-refractivity contribution in [2.45, 2.75) is 45.7 Å². The van der Waals surface area contributed by atoms with Crippen molar-refractivity contribution in [1.82, 2.24) is 10.3 Å². The number of oxazole rings is 1. The van der Waals surface area contributed by atoms with Crippen LogP contribution in [0.25, 0.3) is 11.5 Å². The Kier molecular flexibility index (Phi) is 4.32. The van der Waals surface area contributed by atoms with Crippen LogP contribution in [0.4, 0.5) is 0 Å². The normalized spacial score (nSPS) is 24.8. The predicted octanol–water partition coefficient (Wildman–Crippen LogP) is 3.29. The van der Waals surface area contributed by atoms with E-state index < -0.39 is 0 Å². The molecule has 3 rings (SSSR count). The lowest BCUT2D eigenvalue weighted by Crippen LogP contribution is -2.41. The molecule has 0 aliphatic heterocycles. The summed E-state index contributed by atoms with van der Waals surface area (Å²) in [5, 5.41) is 13.1. The van der Waals surface area contributed by atoms with Crippen molar-refractivity contribution in [2.24, 2.45) is 5.41 Å². The molecule has 2 unspecified atom stereocenters. The molecule has 0 amide bonds. The van der Waals surface area contributed by atoms with Crippen molar-refractivity contribution in [3.63, 3.8) is 0 Å². The standard InChI is InChI=1S/C18H24N2O2/c1-13-5-7-14(8-6-13)17-20-15(11-22-17)10-19-16-4-3-9-18(16,2)12-21/h5-8,11,16,19,21H,3-4,9-10,12H2,1-2H3. The first-order valence-electron chi connectivity index (χ1n) is 7.96. The van der Waals surface area contributed by atoms with Gasteiger partial charge in [-0.15, -0.1) is 0 Å². The maximum atomic E-state index is 9.59. The monoisotopic (exact) mass is 300 g/mol. The van der Waals surface area contributed by atoms with E-state index >= 15 is 0 Å². The lowest BCUT2D eigenvalue weighted by atomic mass is 9.86. The molecule has 1 heterocycles. The summed E-state index contributed by atoms with van der Waals surface area (Å²) in [5.41, 5.74) is 3.12. The molecule has 2 atom stereocenters. The minimum absolute atomic E-state index is 0.0104. The predicted molar refractivity (Wildman–Crippen MR) is 86.3 cm³/mol. The van der Waals surface area contributed by atoms with Gasteiger partial charge in [0, 0.05) is 30.2 Å². The number of aliphatic hydroxyl groups excluding tert-OH is 1. The largest absolute Gasteiger partial charge is 0.444 e. The second-order valence-corrected chi connectivity index (χ2v) is 6.65. The van der Waals surface area contributed by atoms with E-state index in [2.05, 4.69) is 36.3 Å². The van der Waals surface area contributed by atoms with Crippen LogP contribution >= 0.6 is 0 Å². The number of nitrogens with one attached hydrogen (secondary N) is 1. The molecule has 1 aromatic carbocycles. The molecule has 0 radical (unpaired) electrons. The SMILES string of the molecule is Cc1ccc(-c2nc(CNC3CCCC3(C)CO)co2)cc1. The van der Waals surface area contributed by atoms with Crippen LogP contribution in [0.5, 0.6) is 0 Å². The van der Waals surface area contributed by atoms with Crippen LogP contribution in [0.2, 0.25) is 0 Å². The summed E-state index contributed by atoms with van der Waals surface area (Å²) in [7, 11) is 0. The molecular weight excluding hydrogens is 276 g/mol. The molecule has 0 spiro atoms. The molecule has 4 nitrogen and oxygen atoms in total. The molecule has 2 aromatic rings. The Hall–Kier alpha value is -1.65. The van der Waals surface area contributed by atoms with Gasteiger partial charge >= 0.3 is 0 Å². The third-order valence-electron chi connectivity index (χ3n) is 4.82. The van der Waals surface area contributed by atoms with Crippen LogP contribution in [0.1, 0.15) is 37.4 Å². The van der Waals surface area contributed by atoms with Gasteiger partial charge in [0.15, 0.2) is 0 Å². The molecule has 4 heteroatoms. The van der Waals surface area contributed by atoms with Crippen LogP contribution in [0.15, 0.2) is 34.9 Å². The van der Waals surface area contributed by atoms with E-state index in [4.69, 9.17) is 4.42 Å². The zero-order chi connectivity index (χ0) is 15.6. The van der Waals surface area contributed by atoms with Gasteiger partial charge in [-0.1, -0.05) is 31.0 Å². The Morgan fingerprint density at radius 1 is 1.36 bits per heavy atom. The Morgan fingerprint density at radius 3 is 2.86 bits per heavy atom. The van der Waals surface area contributed by atoms with E-state index in [1.165, 1.54) is 12.0 Å². The van der Waals surface area contributed by atoms with Gasteiger partial charge < -0.3 is 14.8 Å². The second-order valence-electron chi connectivity index (χ2n) is 6.65. The van der Waals surface area contributed by atoms with Crippen molar-refractivity contribution < 1.29 is 9.52 Å². The van der Waals surface area contributed by atoms with E-state index in [1.807, 2.05) is 12.1 Å². The lowest BCUT2D eigenvalue weighted by Gasteiger charge is -2.30. The van der Waals surface area contributed by atoms with E-state index in [0.717, 1.165) is 24.1 Å². The summed E-state index contributed by atoms with van der Waals surface area (Å²) in [4.78, 5) is 4.55. The number of aromatic nitrogens is 1. The van der Waals surface area contributed by atoms with Crippen molar-refractivity contribution in [1.29, 1.82) is 0 Å². The number of hydrogen-bond donors (Lipinski definition) is 2. The first-order valence-corrected chi connectivity index (χ1v) is 7.96. The summed E-state index contributed by atoms with van der Waals surface area (Å²) >= 11 is 0. The Bertz CT molecular complexity index is 620. The van der Waals surface area contributed by atoms with Crippen molar-refractivity contribution in [3.05, 3.63) is 41.8 Å². The molecule has 1 aliphatic rings. The van der Waals surface area contributed by atoms with Crippen LogP contribution in [0, 0.1) is 12.3 Å². The Morgan fingerprint density at radius 2 is 2.14 bits per heavy atom. The first kappa shape index (κ1) is 15.3. The zero-order valence-corrected chi connectivity index (χ0v) is 13.3.